The Morgan fingerprint density at radius 2 is 2.28 bits per heavy atom. The molecule has 2 aromatic rings. The molecular formula is C11H11N5OS. The first-order valence-corrected chi connectivity index (χ1v) is 6.39. The van der Waals surface area contributed by atoms with Gasteiger partial charge in [0, 0.05) is 17.0 Å². The monoisotopic (exact) mass is 261 g/mol. The number of aromatic amines is 1. The van der Waals surface area contributed by atoms with Gasteiger partial charge in [-0.1, -0.05) is 30.3 Å². The SMILES string of the molecule is CCN1Sc2ccccc2C(=O)C1c1nn[nH]n1. The summed E-state index contributed by atoms with van der Waals surface area (Å²) in [5.74, 6) is 0.441. The van der Waals surface area contributed by atoms with Crippen LogP contribution in [-0.4, -0.2) is 37.3 Å². The molecule has 1 atom stereocenters. The molecule has 0 amide bonds. The highest BCUT2D eigenvalue weighted by Gasteiger charge is 2.37. The van der Waals surface area contributed by atoms with Crippen LogP contribution < -0.4 is 0 Å². The quantitative estimate of drug-likeness (QED) is 0.825. The third-order valence-corrected chi connectivity index (χ3v) is 4.08. The smallest absolute Gasteiger partial charge is 0.200 e. The fraction of sp³-hybridized carbons (Fsp3) is 0.273. The van der Waals surface area contributed by atoms with E-state index in [1.807, 2.05) is 35.5 Å². The number of hydrogen-bond donors (Lipinski definition) is 1. The van der Waals surface area contributed by atoms with Gasteiger partial charge in [0.1, 0.15) is 6.04 Å². The van der Waals surface area contributed by atoms with Crippen molar-refractivity contribution in [3.05, 3.63) is 35.7 Å². The summed E-state index contributed by atoms with van der Waals surface area (Å²) >= 11 is 1.56. The second kappa shape index (κ2) is 4.51. The van der Waals surface area contributed by atoms with Crippen LogP contribution in [0.1, 0.15) is 29.1 Å². The van der Waals surface area contributed by atoms with Crippen molar-refractivity contribution in [2.24, 2.45) is 0 Å². The van der Waals surface area contributed by atoms with Crippen molar-refractivity contribution in [1.82, 2.24) is 24.9 Å². The summed E-state index contributed by atoms with van der Waals surface area (Å²) in [6.45, 7) is 2.73. The number of carbonyl (C=O) groups is 1. The summed E-state index contributed by atoms with van der Waals surface area (Å²) in [6, 6.07) is 7.12. The normalized spacial score (nSPS) is 19.8. The van der Waals surface area contributed by atoms with E-state index in [1.165, 1.54) is 0 Å². The molecule has 1 aliphatic rings. The zero-order valence-corrected chi connectivity index (χ0v) is 10.5. The van der Waals surface area contributed by atoms with Crippen molar-refractivity contribution >= 4 is 17.7 Å². The average Bonchev–Trinajstić information content (AvgIpc) is 2.92. The van der Waals surface area contributed by atoms with Gasteiger partial charge in [-0.15, -0.1) is 10.2 Å². The summed E-state index contributed by atoms with van der Waals surface area (Å²) < 4.78 is 1.97. The van der Waals surface area contributed by atoms with Gasteiger partial charge in [-0.25, -0.2) is 4.31 Å². The predicted octanol–water partition coefficient (Wildman–Crippen LogP) is 1.47. The molecule has 0 saturated heterocycles. The Kier molecular flexibility index (Phi) is 2.85. The van der Waals surface area contributed by atoms with Crippen LogP contribution >= 0.6 is 11.9 Å². The van der Waals surface area contributed by atoms with E-state index in [0.717, 1.165) is 17.0 Å². The lowest BCUT2D eigenvalue weighted by Gasteiger charge is -2.31. The number of fused-ring (bicyclic) bond motifs is 1. The van der Waals surface area contributed by atoms with Gasteiger partial charge in [0.15, 0.2) is 11.6 Å². The molecule has 1 aliphatic heterocycles. The molecule has 18 heavy (non-hydrogen) atoms. The van der Waals surface area contributed by atoms with Gasteiger partial charge < -0.3 is 0 Å². The molecule has 0 radical (unpaired) electrons. The van der Waals surface area contributed by atoms with Crippen molar-refractivity contribution < 1.29 is 4.79 Å². The number of rotatable bonds is 2. The van der Waals surface area contributed by atoms with Crippen LogP contribution in [0.5, 0.6) is 0 Å². The number of benzene rings is 1. The number of ketones is 1. The molecule has 0 spiro atoms. The first-order chi connectivity index (χ1) is 8.81. The minimum atomic E-state index is -0.464. The lowest BCUT2D eigenvalue weighted by atomic mass is 10.0. The van der Waals surface area contributed by atoms with Crippen molar-refractivity contribution in [2.75, 3.05) is 6.54 Å². The van der Waals surface area contributed by atoms with Gasteiger partial charge in [-0.3, -0.25) is 4.79 Å². The van der Waals surface area contributed by atoms with Crippen molar-refractivity contribution in [2.45, 2.75) is 17.9 Å². The molecule has 0 saturated carbocycles. The largest absolute Gasteiger partial charge is 0.292 e. The van der Waals surface area contributed by atoms with Crippen LogP contribution in [0.3, 0.4) is 0 Å². The van der Waals surface area contributed by atoms with Crippen LogP contribution in [0.2, 0.25) is 0 Å². The summed E-state index contributed by atoms with van der Waals surface area (Å²) in [7, 11) is 0. The first kappa shape index (κ1) is 11.4. The minimum Gasteiger partial charge on any atom is -0.292 e. The predicted molar refractivity (Wildman–Crippen MR) is 65.9 cm³/mol. The van der Waals surface area contributed by atoms with E-state index in [4.69, 9.17) is 0 Å². The molecule has 7 heteroatoms. The van der Waals surface area contributed by atoms with E-state index < -0.39 is 6.04 Å². The maximum absolute atomic E-state index is 12.5. The Bertz CT molecular complexity index is 571. The molecule has 1 N–H and O–H groups in total. The molecule has 2 heterocycles. The Balaban J connectivity index is 2.07. The number of aromatic nitrogens is 4. The Morgan fingerprint density at radius 1 is 1.44 bits per heavy atom. The van der Waals surface area contributed by atoms with Gasteiger partial charge in [0.05, 0.1) is 0 Å². The second-order valence-electron chi connectivity index (χ2n) is 3.86. The fourth-order valence-corrected chi connectivity index (χ4v) is 3.07. The number of H-pyrrole nitrogens is 1. The zero-order chi connectivity index (χ0) is 12.5. The lowest BCUT2D eigenvalue weighted by molar-refractivity contribution is 0.0888. The van der Waals surface area contributed by atoms with Gasteiger partial charge in [0.25, 0.3) is 0 Å². The molecule has 0 bridgehead atoms. The molecule has 1 aromatic heterocycles. The number of Topliss-reactive ketones (excluding diaryl/α,β-unsaturated/α-hetero) is 1. The summed E-state index contributed by atoms with van der Waals surface area (Å²) in [5.41, 5.74) is 0.724. The molecule has 3 rings (SSSR count). The topological polar surface area (TPSA) is 74.8 Å². The summed E-state index contributed by atoms with van der Waals surface area (Å²) in [6.07, 6.45) is 0. The van der Waals surface area contributed by atoms with Crippen LogP contribution in [-0.2, 0) is 0 Å². The number of nitrogens with zero attached hydrogens (tertiary/aromatic N) is 4. The molecule has 0 fully saturated rings. The van der Waals surface area contributed by atoms with E-state index in [0.29, 0.717) is 5.82 Å². The van der Waals surface area contributed by atoms with E-state index >= 15 is 0 Å². The van der Waals surface area contributed by atoms with Crippen LogP contribution in [0.25, 0.3) is 0 Å². The number of hydrogen-bond acceptors (Lipinski definition) is 6. The van der Waals surface area contributed by atoms with Crippen LogP contribution in [0.15, 0.2) is 29.2 Å². The van der Waals surface area contributed by atoms with E-state index in [-0.39, 0.29) is 5.78 Å². The maximum Gasteiger partial charge on any atom is 0.200 e. The Labute approximate surface area is 108 Å². The van der Waals surface area contributed by atoms with Gasteiger partial charge in [-0.05, 0) is 18.0 Å². The van der Waals surface area contributed by atoms with Crippen molar-refractivity contribution in [3.63, 3.8) is 0 Å². The fourth-order valence-electron chi connectivity index (χ4n) is 1.99. The van der Waals surface area contributed by atoms with E-state index in [2.05, 4.69) is 20.6 Å². The molecule has 1 unspecified atom stereocenters. The van der Waals surface area contributed by atoms with Crippen LogP contribution in [0.4, 0.5) is 0 Å². The zero-order valence-electron chi connectivity index (χ0n) is 9.70. The Hall–Kier alpha value is -1.73. The third kappa shape index (κ3) is 1.72. The highest BCUT2D eigenvalue weighted by atomic mass is 32.2. The first-order valence-electron chi connectivity index (χ1n) is 5.62. The lowest BCUT2D eigenvalue weighted by Crippen LogP contribution is -2.33. The second-order valence-corrected chi connectivity index (χ2v) is 4.95. The molecule has 1 aromatic carbocycles. The van der Waals surface area contributed by atoms with Crippen molar-refractivity contribution in [3.8, 4) is 0 Å². The van der Waals surface area contributed by atoms with E-state index in [1.54, 1.807) is 11.9 Å². The minimum absolute atomic E-state index is 0.0209. The number of carbonyl (C=O) groups excluding carboxylic acids is 1. The third-order valence-electron chi connectivity index (χ3n) is 2.82. The number of nitrogens with one attached hydrogen (secondary N) is 1. The van der Waals surface area contributed by atoms with Crippen LogP contribution in [0, 0.1) is 0 Å². The highest BCUT2D eigenvalue weighted by Crippen LogP contribution is 2.40. The number of tetrazole rings is 1. The van der Waals surface area contributed by atoms with Gasteiger partial charge in [-0.2, -0.15) is 5.21 Å². The van der Waals surface area contributed by atoms with Gasteiger partial charge >= 0.3 is 0 Å². The molecule has 6 nitrogen and oxygen atoms in total. The summed E-state index contributed by atoms with van der Waals surface area (Å²) in [4.78, 5) is 13.5. The molecular weight excluding hydrogens is 250 g/mol. The highest BCUT2D eigenvalue weighted by molar-refractivity contribution is 7.97. The molecule has 0 aliphatic carbocycles. The average molecular weight is 261 g/mol. The van der Waals surface area contributed by atoms with E-state index in [9.17, 15) is 4.79 Å². The van der Waals surface area contributed by atoms with Crippen molar-refractivity contribution in [1.29, 1.82) is 0 Å². The Morgan fingerprint density at radius 3 is 3.00 bits per heavy atom. The van der Waals surface area contributed by atoms with Gasteiger partial charge in [0.2, 0.25) is 0 Å². The summed E-state index contributed by atoms with van der Waals surface area (Å²) in [5, 5.41) is 13.8. The maximum atomic E-state index is 12.5. The molecule has 92 valence electrons. The standard InChI is InChI=1S/C11H11N5OS/c1-2-16-9(11-12-14-15-13-11)10(17)7-5-3-4-6-8(7)18-16/h3-6,9H,2H2,1H3,(H,12,13,14,15). The number of likely N-dealkylation sites (N-methyl/N-ethyl adjacent to an activating group) is 1.